The van der Waals surface area contributed by atoms with E-state index in [-0.39, 0.29) is 10.5 Å². The van der Waals surface area contributed by atoms with Crippen LogP contribution in [-0.4, -0.2) is 31.4 Å². The van der Waals surface area contributed by atoms with Crippen molar-refractivity contribution in [2.24, 2.45) is 7.05 Å². The number of aryl methyl sites for hydroxylation is 1. The second kappa shape index (κ2) is 3.71. The Balaban J connectivity index is 2.72. The Morgan fingerprint density at radius 2 is 1.94 bits per heavy atom. The minimum Gasteiger partial charge on any atom is -0.408 e. The second-order valence-corrected chi connectivity index (χ2v) is 6.00. The van der Waals surface area contributed by atoms with Gasteiger partial charge in [0.15, 0.2) is 5.58 Å². The van der Waals surface area contributed by atoms with Crippen molar-refractivity contribution in [1.29, 1.82) is 0 Å². The van der Waals surface area contributed by atoms with Crippen molar-refractivity contribution in [3.8, 4) is 0 Å². The molecule has 0 aliphatic rings. The predicted octanol–water partition coefficient (Wildman–Crippen LogP) is 0.382. The molecular weight excluding hydrogens is 244 g/mol. The quantitative estimate of drug-likeness (QED) is 0.778. The molecule has 0 saturated carbocycles. The number of sulfonamides is 1. The lowest BCUT2D eigenvalue weighted by atomic mass is 10.3. The molecule has 0 aliphatic heterocycles. The van der Waals surface area contributed by atoms with Crippen LogP contribution in [-0.2, 0) is 17.1 Å². The van der Waals surface area contributed by atoms with Gasteiger partial charge in [-0.15, -0.1) is 0 Å². The third-order valence-corrected chi connectivity index (χ3v) is 4.35. The summed E-state index contributed by atoms with van der Waals surface area (Å²) in [4.78, 5) is 11.4. The van der Waals surface area contributed by atoms with Crippen molar-refractivity contribution in [2.45, 2.75) is 4.90 Å². The summed E-state index contributed by atoms with van der Waals surface area (Å²) in [5.74, 6) is -0.514. The molecule has 0 saturated heterocycles. The molecule has 0 atom stereocenters. The van der Waals surface area contributed by atoms with Crippen molar-refractivity contribution in [1.82, 2.24) is 8.87 Å². The van der Waals surface area contributed by atoms with Gasteiger partial charge in [0.05, 0.1) is 10.4 Å². The van der Waals surface area contributed by atoms with Crippen molar-refractivity contribution in [2.75, 3.05) is 14.1 Å². The SMILES string of the molecule is CN(C)S(=O)(=O)c1ccc2c(c1)oc(=O)n2C. The molecule has 1 heterocycles. The first kappa shape index (κ1) is 11.9. The van der Waals surface area contributed by atoms with Crippen molar-refractivity contribution < 1.29 is 12.8 Å². The highest BCUT2D eigenvalue weighted by atomic mass is 32.2. The molecule has 2 aromatic rings. The summed E-state index contributed by atoms with van der Waals surface area (Å²) in [6.45, 7) is 0. The van der Waals surface area contributed by atoms with Crippen LogP contribution < -0.4 is 5.76 Å². The Morgan fingerprint density at radius 3 is 2.53 bits per heavy atom. The Morgan fingerprint density at radius 1 is 1.29 bits per heavy atom. The van der Waals surface area contributed by atoms with Gasteiger partial charge in [-0.2, -0.15) is 0 Å². The van der Waals surface area contributed by atoms with Gasteiger partial charge in [0.1, 0.15) is 0 Å². The summed E-state index contributed by atoms with van der Waals surface area (Å²) in [5.41, 5.74) is 0.827. The molecule has 1 aromatic carbocycles. The Labute approximate surface area is 98.1 Å². The molecule has 0 amide bonds. The van der Waals surface area contributed by atoms with Crippen LogP contribution in [0, 0.1) is 0 Å². The maximum absolute atomic E-state index is 11.9. The van der Waals surface area contributed by atoms with E-state index in [0.29, 0.717) is 5.52 Å². The highest BCUT2D eigenvalue weighted by molar-refractivity contribution is 7.89. The van der Waals surface area contributed by atoms with Gasteiger partial charge in [0.25, 0.3) is 0 Å². The number of fused-ring (bicyclic) bond motifs is 1. The van der Waals surface area contributed by atoms with E-state index in [9.17, 15) is 13.2 Å². The van der Waals surface area contributed by atoms with Gasteiger partial charge in [-0.3, -0.25) is 4.57 Å². The van der Waals surface area contributed by atoms with E-state index in [1.165, 1.54) is 30.8 Å². The normalized spacial score (nSPS) is 12.5. The molecule has 0 aliphatic carbocycles. The Hall–Kier alpha value is -1.60. The smallest absolute Gasteiger partial charge is 0.408 e. The van der Waals surface area contributed by atoms with Crippen molar-refractivity contribution in [3.05, 3.63) is 28.7 Å². The van der Waals surface area contributed by atoms with Crippen molar-refractivity contribution in [3.63, 3.8) is 0 Å². The molecule has 0 unspecified atom stereocenters. The third-order valence-electron chi connectivity index (χ3n) is 2.54. The van der Waals surface area contributed by atoms with Crippen molar-refractivity contribution >= 4 is 21.1 Å². The Bertz CT molecular complexity index is 724. The zero-order chi connectivity index (χ0) is 12.8. The molecule has 2 rings (SSSR count). The summed E-state index contributed by atoms with van der Waals surface area (Å²) in [6.07, 6.45) is 0. The average Bonchev–Trinajstić information content (AvgIpc) is 2.54. The third kappa shape index (κ3) is 1.77. The summed E-state index contributed by atoms with van der Waals surface area (Å²) >= 11 is 0. The molecule has 0 N–H and O–H groups in total. The number of oxazole rings is 1. The van der Waals surface area contributed by atoms with E-state index in [2.05, 4.69) is 0 Å². The maximum Gasteiger partial charge on any atom is 0.419 e. The van der Waals surface area contributed by atoms with E-state index >= 15 is 0 Å². The fourth-order valence-corrected chi connectivity index (χ4v) is 2.40. The van der Waals surface area contributed by atoms with Gasteiger partial charge in [0.2, 0.25) is 10.0 Å². The second-order valence-electron chi connectivity index (χ2n) is 3.84. The topological polar surface area (TPSA) is 72.5 Å². The molecule has 6 nitrogen and oxygen atoms in total. The standard InChI is InChI=1S/C10H12N2O4S/c1-11(2)17(14,15)7-4-5-8-9(6-7)16-10(13)12(8)3/h4-6H,1-3H3. The molecule has 7 heteroatoms. The summed E-state index contributed by atoms with van der Waals surface area (Å²) in [6, 6.07) is 4.36. The van der Waals surface area contributed by atoms with E-state index < -0.39 is 15.8 Å². The molecular formula is C10H12N2O4S. The maximum atomic E-state index is 11.9. The monoisotopic (exact) mass is 256 g/mol. The highest BCUT2D eigenvalue weighted by Gasteiger charge is 2.18. The molecule has 0 bridgehead atoms. The minimum absolute atomic E-state index is 0.101. The lowest BCUT2D eigenvalue weighted by Crippen LogP contribution is -2.22. The number of benzene rings is 1. The van der Waals surface area contributed by atoms with Crippen LogP contribution in [0.15, 0.2) is 32.3 Å². The summed E-state index contributed by atoms with van der Waals surface area (Å²) in [5, 5.41) is 0. The van der Waals surface area contributed by atoms with Crippen LogP contribution in [0.25, 0.3) is 11.1 Å². The number of rotatable bonds is 2. The van der Waals surface area contributed by atoms with Gasteiger partial charge in [-0.05, 0) is 12.1 Å². The van der Waals surface area contributed by atoms with Crippen LogP contribution in [0.4, 0.5) is 0 Å². The van der Waals surface area contributed by atoms with Crippen LogP contribution in [0.3, 0.4) is 0 Å². The Kier molecular flexibility index (Phi) is 2.59. The van der Waals surface area contributed by atoms with Gasteiger partial charge in [-0.25, -0.2) is 17.5 Å². The van der Waals surface area contributed by atoms with Gasteiger partial charge in [-0.1, -0.05) is 0 Å². The highest BCUT2D eigenvalue weighted by Crippen LogP contribution is 2.19. The molecule has 0 radical (unpaired) electrons. The molecule has 17 heavy (non-hydrogen) atoms. The number of aromatic nitrogens is 1. The number of hydrogen-bond donors (Lipinski definition) is 0. The van der Waals surface area contributed by atoms with Crippen LogP contribution in [0.5, 0.6) is 0 Å². The minimum atomic E-state index is -3.51. The van der Waals surface area contributed by atoms with E-state index in [4.69, 9.17) is 4.42 Å². The predicted molar refractivity (Wildman–Crippen MR) is 62.3 cm³/mol. The van der Waals surface area contributed by atoms with E-state index in [1.807, 2.05) is 0 Å². The van der Waals surface area contributed by atoms with E-state index in [1.54, 1.807) is 13.1 Å². The molecule has 0 fully saturated rings. The summed E-state index contributed by atoms with van der Waals surface area (Å²) in [7, 11) is 0.944. The van der Waals surface area contributed by atoms with E-state index in [0.717, 1.165) is 4.31 Å². The first-order chi connectivity index (χ1) is 7.84. The van der Waals surface area contributed by atoms with Gasteiger partial charge >= 0.3 is 5.76 Å². The van der Waals surface area contributed by atoms with Gasteiger partial charge < -0.3 is 4.42 Å². The zero-order valence-corrected chi connectivity index (χ0v) is 10.5. The van der Waals surface area contributed by atoms with Gasteiger partial charge in [0, 0.05) is 27.2 Å². The largest absolute Gasteiger partial charge is 0.419 e. The fraction of sp³-hybridized carbons (Fsp3) is 0.300. The molecule has 1 aromatic heterocycles. The van der Waals surface area contributed by atoms with Crippen LogP contribution in [0.1, 0.15) is 0 Å². The lowest BCUT2D eigenvalue weighted by Gasteiger charge is -2.10. The molecule has 92 valence electrons. The first-order valence-electron chi connectivity index (χ1n) is 4.86. The summed E-state index contributed by atoms with van der Waals surface area (Å²) < 4.78 is 31.1. The molecule has 0 spiro atoms. The fourth-order valence-electron chi connectivity index (χ4n) is 1.49. The lowest BCUT2D eigenvalue weighted by molar-refractivity contribution is 0.517. The van der Waals surface area contributed by atoms with Crippen LogP contribution in [0.2, 0.25) is 0 Å². The number of nitrogens with zero attached hydrogens (tertiary/aromatic N) is 2. The average molecular weight is 256 g/mol. The first-order valence-corrected chi connectivity index (χ1v) is 6.30. The number of hydrogen-bond acceptors (Lipinski definition) is 4. The van der Waals surface area contributed by atoms with Crippen LogP contribution >= 0.6 is 0 Å². The zero-order valence-electron chi connectivity index (χ0n) is 9.67.